The van der Waals surface area contributed by atoms with Crippen molar-refractivity contribution in [1.29, 1.82) is 0 Å². The third-order valence-corrected chi connectivity index (χ3v) is 6.00. The van der Waals surface area contributed by atoms with Gasteiger partial charge in [-0.1, -0.05) is 54.6 Å². The van der Waals surface area contributed by atoms with Gasteiger partial charge in [-0.05, 0) is 89.7 Å². The first kappa shape index (κ1) is 26.8. The molecule has 0 aromatic heterocycles. The summed E-state index contributed by atoms with van der Waals surface area (Å²) in [5.74, 6) is -0.0934. The van der Waals surface area contributed by atoms with Gasteiger partial charge in [0.15, 0.2) is 0 Å². The van der Waals surface area contributed by atoms with Crippen LogP contribution in [-0.4, -0.2) is 25.3 Å². The molecular formula is C31H30F2N2O3. The number of carbonyl (C=O) groups excluding carboxylic acids is 1. The summed E-state index contributed by atoms with van der Waals surface area (Å²) in [6.45, 7) is 0.833. The van der Waals surface area contributed by atoms with E-state index in [0.717, 1.165) is 27.8 Å². The Morgan fingerprint density at radius 3 is 1.92 bits per heavy atom. The highest BCUT2D eigenvalue weighted by atomic mass is 19.1. The molecular weight excluding hydrogens is 486 g/mol. The first-order chi connectivity index (χ1) is 18.5. The maximum Gasteiger partial charge on any atom is 0.407 e. The van der Waals surface area contributed by atoms with Gasteiger partial charge in [0.25, 0.3) is 0 Å². The summed E-state index contributed by atoms with van der Waals surface area (Å²) in [4.78, 5) is 12.5. The summed E-state index contributed by atoms with van der Waals surface area (Å²) in [6, 6.07) is 27.1. The van der Waals surface area contributed by atoms with E-state index in [4.69, 9.17) is 15.2 Å². The summed E-state index contributed by atoms with van der Waals surface area (Å²) in [5.41, 5.74) is 9.84. The second kappa shape index (κ2) is 13.4. The zero-order chi connectivity index (χ0) is 26.7. The van der Waals surface area contributed by atoms with E-state index in [-0.39, 0.29) is 30.9 Å². The van der Waals surface area contributed by atoms with E-state index in [1.54, 1.807) is 24.3 Å². The highest BCUT2D eigenvalue weighted by molar-refractivity contribution is 5.75. The molecule has 5 nitrogen and oxygen atoms in total. The second-order valence-corrected chi connectivity index (χ2v) is 8.90. The van der Waals surface area contributed by atoms with Gasteiger partial charge in [-0.25, -0.2) is 13.6 Å². The van der Waals surface area contributed by atoms with Crippen molar-refractivity contribution in [2.75, 3.05) is 13.2 Å². The van der Waals surface area contributed by atoms with E-state index in [2.05, 4.69) is 5.32 Å². The summed E-state index contributed by atoms with van der Waals surface area (Å²) in [5, 5.41) is 2.87. The third kappa shape index (κ3) is 7.88. The van der Waals surface area contributed by atoms with Crippen molar-refractivity contribution >= 4 is 6.09 Å². The number of rotatable bonds is 11. The largest absolute Gasteiger partial charge is 0.491 e. The van der Waals surface area contributed by atoms with Crippen molar-refractivity contribution in [3.05, 3.63) is 114 Å². The predicted molar refractivity (Wildman–Crippen MR) is 145 cm³/mol. The molecule has 0 unspecified atom stereocenters. The molecule has 1 amide bonds. The third-order valence-electron chi connectivity index (χ3n) is 6.00. The van der Waals surface area contributed by atoms with E-state index in [1.807, 2.05) is 48.5 Å². The van der Waals surface area contributed by atoms with Crippen LogP contribution in [0.3, 0.4) is 0 Å². The van der Waals surface area contributed by atoms with Crippen LogP contribution in [0.15, 0.2) is 97.1 Å². The Morgan fingerprint density at radius 1 is 0.789 bits per heavy atom. The number of halogens is 2. The number of benzene rings is 4. The van der Waals surface area contributed by atoms with E-state index >= 15 is 0 Å². The van der Waals surface area contributed by atoms with Gasteiger partial charge in [0.05, 0.1) is 6.04 Å². The Bertz CT molecular complexity index is 1250. The smallest absolute Gasteiger partial charge is 0.407 e. The molecule has 3 N–H and O–H groups in total. The normalized spacial score (nSPS) is 11.6. The van der Waals surface area contributed by atoms with Gasteiger partial charge in [-0.15, -0.1) is 0 Å². The van der Waals surface area contributed by atoms with Crippen molar-refractivity contribution in [2.45, 2.75) is 25.5 Å². The number of carbonyl (C=O) groups is 1. The van der Waals surface area contributed by atoms with E-state index in [1.165, 1.54) is 24.3 Å². The molecule has 38 heavy (non-hydrogen) atoms. The summed E-state index contributed by atoms with van der Waals surface area (Å²) >= 11 is 0. The molecule has 0 aliphatic heterocycles. The lowest BCUT2D eigenvalue weighted by Crippen LogP contribution is -2.39. The lowest BCUT2D eigenvalue weighted by Gasteiger charge is -2.20. The number of ether oxygens (including phenoxy) is 2. The Morgan fingerprint density at radius 2 is 1.37 bits per heavy atom. The van der Waals surface area contributed by atoms with Crippen LogP contribution in [-0.2, 0) is 11.3 Å². The summed E-state index contributed by atoms with van der Waals surface area (Å²) in [7, 11) is 0. The quantitative estimate of drug-likeness (QED) is 0.232. The number of hydrogen-bond acceptors (Lipinski definition) is 4. The molecule has 4 aromatic carbocycles. The molecule has 0 bridgehead atoms. The van der Waals surface area contributed by atoms with E-state index < -0.39 is 6.09 Å². The molecule has 0 aliphatic rings. The van der Waals surface area contributed by atoms with Gasteiger partial charge in [-0.2, -0.15) is 0 Å². The highest BCUT2D eigenvalue weighted by Crippen LogP contribution is 2.32. The first-order valence-corrected chi connectivity index (χ1v) is 12.5. The summed E-state index contributed by atoms with van der Waals surface area (Å²) in [6.07, 6.45) is 0.773. The van der Waals surface area contributed by atoms with Crippen molar-refractivity contribution in [3.63, 3.8) is 0 Å². The Hall–Kier alpha value is -4.23. The predicted octanol–water partition coefficient (Wildman–Crippen LogP) is 6.71. The summed E-state index contributed by atoms with van der Waals surface area (Å²) < 4.78 is 38.5. The van der Waals surface area contributed by atoms with Crippen molar-refractivity contribution in [3.8, 4) is 28.0 Å². The molecule has 0 radical (unpaired) electrons. The maximum atomic E-state index is 13.5. The van der Waals surface area contributed by atoms with Crippen LogP contribution in [0.4, 0.5) is 13.6 Å². The van der Waals surface area contributed by atoms with Crippen LogP contribution in [0, 0.1) is 11.6 Å². The number of hydrogen-bond donors (Lipinski definition) is 2. The molecule has 196 valence electrons. The minimum absolute atomic E-state index is 0.165. The van der Waals surface area contributed by atoms with Gasteiger partial charge in [0.1, 0.15) is 30.6 Å². The zero-order valence-electron chi connectivity index (χ0n) is 20.9. The number of amides is 1. The van der Waals surface area contributed by atoms with Crippen molar-refractivity contribution < 1.29 is 23.0 Å². The SMILES string of the molecule is NCCC[C@H](COc1cc(-c2ccc(F)cc2)cc(-c2ccc(F)cc2)c1)NC(=O)OCc1ccccc1. The molecule has 0 fully saturated rings. The fourth-order valence-corrected chi connectivity index (χ4v) is 3.99. The molecule has 0 saturated heterocycles. The molecule has 7 heteroatoms. The molecule has 1 atom stereocenters. The second-order valence-electron chi connectivity index (χ2n) is 8.90. The van der Waals surface area contributed by atoms with Crippen LogP contribution < -0.4 is 15.8 Å². The van der Waals surface area contributed by atoms with Gasteiger partial charge >= 0.3 is 6.09 Å². The minimum Gasteiger partial charge on any atom is -0.491 e. The Labute approximate surface area is 221 Å². The minimum atomic E-state index is -0.536. The number of nitrogens with two attached hydrogens (primary N) is 1. The van der Waals surface area contributed by atoms with Crippen molar-refractivity contribution in [2.24, 2.45) is 5.73 Å². The average Bonchev–Trinajstić information content (AvgIpc) is 2.94. The van der Waals surface area contributed by atoms with E-state index in [0.29, 0.717) is 25.1 Å². The van der Waals surface area contributed by atoms with Crippen LogP contribution in [0.2, 0.25) is 0 Å². The van der Waals surface area contributed by atoms with Crippen LogP contribution >= 0.6 is 0 Å². The monoisotopic (exact) mass is 516 g/mol. The first-order valence-electron chi connectivity index (χ1n) is 12.5. The van der Waals surface area contributed by atoms with Gasteiger partial charge in [-0.3, -0.25) is 0 Å². The van der Waals surface area contributed by atoms with Gasteiger partial charge < -0.3 is 20.5 Å². The zero-order valence-corrected chi connectivity index (χ0v) is 20.9. The molecule has 4 rings (SSSR count). The van der Waals surface area contributed by atoms with Gasteiger partial charge in [0.2, 0.25) is 0 Å². The fourth-order valence-electron chi connectivity index (χ4n) is 3.99. The molecule has 0 spiro atoms. The van der Waals surface area contributed by atoms with Crippen LogP contribution in [0.1, 0.15) is 18.4 Å². The topological polar surface area (TPSA) is 73.6 Å². The standard InChI is InChI=1S/C31H30F2N2O3/c32-27-12-8-23(9-13-27)25-17-26(24-10-14-28(33)15-11-24)19-30(18-25)37-21-29(7-4-16-34)35-31(36)38-20-22-5-2-1-3-6-22/h1-3,5-6,8-15,17-19,29H,4,7,16,20-21,34H2,(H,35,36)/t29-/m1/s1. The Kier molecular flexibility index (Phi) is 9.43. The number of alkyl carbamates (subject to hydrolysis) is 1. The highest BCUT2D eigenvalue weighted by Gasteiger charge is 2.15. The fraction of sp³-hybridized carbons (Fsp3) is 0.194. The van der Waals surface area contributed by atoms with E-state index in [9.17, 15) is 13.6 Å². The van der Waals surface area contributed by atoms with Crippen LogP contribution in [0.5, 0.6) is 5.75 Å². The van der Waals surface area contributed by atoms with Crippen LogP contribution in [0.25, 0.3) is 22.3 Å². The molecule has 4 aromatic rings. The maximum absolute atomic E-state index is 13.5. The Balaban J connectivity index is 1.50. The van der Waals surface area contributed by atoms with Gasteiger partial charge in [0, 0.05) is 0 Å². The molecule has 0 heterocycles. The lowest BCUT2D eigenvalue weighted by molar-refractivity contribution is 0.129. The lowest BCUT2D eigenvalue weighted by atomic mass is 9.98. The average molecular weight is 517 g/mol. The molecule has 0 aliphatic carbocycles. The number of nitrogens with one attached hydrogen (secondary N) is 1. The molecule has 0 saturated carbocycles. The van der Waals surface area contributed by atoms with Crippen molar-refractivity contribution in [1.82, 2.24) is 5.32 Å².